The molecule has 0 saturated carbocycles. The Labute approximate surface area is 186 Å². The molecule has 4 rings (SSSR count). The topological polar surface area (TPSA) is 114 Å². The predicted molar refractivity (Wildman–Crippen MR) is 119 cm³/mol. The molecule has 1 aromatic heterocycles. The third-order valence-electron chi connectivity index (χ3n) is 5.15. The smallest absolute Gasteiger partial charge is 0.271 e. The summed E-state index contributed by atoms with van der Waals surface area (Å²) in [5.41, 5.74) is 0.678. The fourth-order valence-electron chi connectivity index (χ4n) is 3.50. The van der Waals surface area contributed by atoms with Crippen LogP contribution in [-0.4, -0.2) is 66.7 Å². The van der Waals surface area contributed by atoms with Gasteiger partial charge >= 0.3 is 0 Å². The van der Waals surface area contributed by atoms with Crippen molar-refractivity contribution in [1.82, 2.24) is 4.31 Å². The summed E-state index contributed by atoms with van der Waals surface area (Å²) >= 11 is 1.09. The largest absolute Gasteiger partial charge is 0.381 e. The van der Waals surface area contributed by atoms with Gasteiger partial charge in [0.1, 0.15) is 4.21 Å². The predicted octanol–water partition coefficient (Wildman–Crippen LogP) is 2.16. The molecular weight excluding hydrogens is 462 g/mol. The van der Waals surface area contributed by atoms with Gasteiger partial charge in [-0.3, -0.25) is 4.72 Å². The van der Waals surface area contributed by atoms with Crippen LogP contribution in [0.2, 0.25) is 0 Å². The first kappa shape index (κ1) is 22.5. The first-order valence-corrected chi connectivity index (χ1v) is 13.8. The van der Waals surface area contributed by atoms with E-state index >= 15 is 0 Å². The Morgan fingerprint density at radius 3 is 2.55 bits per heavy atom. The lowest BCUT2D eigenvalue weighted by Crippen LogP contribution is -2.40. The molecule has 31 heavy (non-hydrogen) atoms. The summed E-state index contributed by atoms with van der Waals surface area (Å²) in [4.78, 5) is 0.0287. The maximum Gasteiger partial charge on any atom is 0.271 e. The molecule has 3 heterocycles. The molecule has 2 N–H and O–H groups in total. The molecule has 1 atom stereocenters. The second-order valence-electron chi connectivity index (χ2n) is 7.28. The van der Waals surface area contributed by atoms with Gasteiger partial charge in [-0.2, -0.15) is 4.31 Å². The quantitative estimate of drug-likeness (QED) is 0.586. The summed E-state index contributed by atoms with van der Waals surface area (Å²) in [6.07, 6.45) is 1.95. The SMILES string of the molecule is O=S(=O)(Nc1cc(S(=O)(=O)N2CCOCC2)ccc1NC[C@@H]1CCCO1)c1cccs1. The molecule has 2 aromatic rings. The van der Waals surface area contributed by atoms with Crippen LogP contribution in [0, 0.1) is 0 Å². The van der Waals surface area contributed by atoms with E-state index in [9.17, 15) is 16.8 Å². The Bertz CT molecular complexity index is 1090. The highest BCUT2D eigenvalue weighted by molar-refractivity contribution is 7.94. The highest BCUT2D eigenvalue weighted by Crippen LogP contribution is 2.31. The lowest BCUT2D eigenvalue weighted by molar-refractivity contribution is 0.0730. The first-order valence-electron chi connectivity index (χ1n) is 10.00. The van der Waals surface area contributed by atoms with Crippen molar-refractivity contribution < 1.29 is 26.3 Å². The van der Waals surface area contributed by atoms with Gasteiger partial charge < -0.3 is 14.8 Å². The lowest BCUT2D eigenvalue weighted by Gasteiger charge is -2.26. The fraction of sp³-hybridized carbons (Fsp3) is 0.474. The van der Waals surface area contributed by atoms with Gasteiger partial charge in [-0.05, 0) is 42.5 Å². The number of ether oxygens (including phenoxy) is 2. The zero-order chi connectivity index (χ0) is 21.9. The number of benzene rings is 1. The van der Waals surface area contributed by atoms with Crippen molar-refractivity contribution in [1.29, 1.82) is 0 Å². The van der Waals surface area contributed by atoms with Crippen molar-refractivity contribution >= 4 is 42.8 Å². The summed E-state index contributed by atoms with van der Waals surface area (Å²) in [7, 11) is -7.62. The minimum absolute atomic E-state index is 0.0287. The van der Waals surface area contributed by atoms with Crippen molar-refractivity contribution in [3.05, 3.63) is 35.7 Å². The molecule has 0 aliphatic carbocycles. The number of hydrogen-bond acceptors (Lipinski definition) is 8. The molecule has 2 fully saturated rings. The van der Waals surface area contributed by atoms with E-state index in [4.69, 9.17) is 9.47 Å². The number of hydrogen-bond donors (Lipinski definition) is 2. The Balaban J connectivity index is 1.64. The standard InChI is InChI=1S/C19H25N3O6S3/c23-30(24,19-4-2-12-29-19)21-18-13-16(31(25,26)22-7-10-27-11-8-22)5-6-17(18)20-14-15-3-1-9-28-15/h2,4-6,12-13,15,20-21H,1,3,7-11,14H2/t15-/m0/s1. The zero-order valence-corrected chi connectivity index (χ0v) is 19.3. The normalized spacial score (nSPS) is 20.6. The number of nitrogens with zero attached hydrogens (tertiary/aromatic N) is 1. The Morgan fingerprint density at radius 2 is 1.87 bits per heavy atom. The first-order chi connectivity index (χ1) is 14.9. The molecule has 0 amide bonds. The van der Waals surface area contributed by atoms with Crippen molar-refractivity contribution in [2.75, 3.05) is 49.5 Å². The highest BCUT2D eigenvalue weighted by Gasteiger charge is 2.28. The maximum absolute atomic E-state index is 13.1. The van der Waals surface area contributed by atoms with E-state index in [1.807, 2.05) is 0 Å². The van der Waals surface area contributed by atoms with Crippen LogP contribution < -0.4 is 10.0 Å². The number of anilines is 2. The van der Waals surface area contributed by atoms with E-state index in [-0.39, 0.29) is 34.0 Å². The third-order valence-corrected chi connectivity index (χ3v) is 9.80. The summed E-state index contributed by atoms with van der Waals surface area (Å²) in [6.45, 7) is 2.40. The van der Waals surface area contributed by atoms with Crippen LogP contribution >= 0.6 is 11.3 Å². The second kappa shape index (κ2) is 9.43. The average Bonchev–Trinajstić information content (AvgIpc) is 3.48. The van der Waals surface area contributed by atoms with Crippen LogP contribution in [0.1, 0.15) is 12.8 Å². The average molecular weight is 488 g/mol. The van der Waals surface area contributed by atoms with Crippen LogP contribution in [0.5, 0.6) is 0 Å². The van der Waals surface area contributed by atoms with Crippen LogP contribution in [0.3, 0.4) is 0 Å². The molecule has 0 unspecified atom stereocenters. The van der Waals surface area contributed by atoms with E-state index < -0.39 is 20.0 Å². The van der Waals surface area contributed by atoms with Crippen LogP contribution in [-0.2, 0) is 29.5 Å². The molecule has 9 nitrogen and oxygen atoms in total. The molecule has 0 spiro atoms. The van der Waals surface area contributed by atoms with Gasteiger partial charge in [0.25, 0.3) is 10.0 Å². The maximum atomic E-state index is 13.1. The number of rotatable bonds is 8. The van der Waals surface area contributed by atoms with Crippen molar-refractivity contribution in [3.8, 4) is 0 Å². The minimum Gasteiger partial charge on any atom is -0.381 e. The minimum atomic E-state index is -3.85. The molecule has 2 aliphatic heterocycles. The van der Waals surface area contributed by atoms with Gasteiger partial charge in [0.05, 0.1) is 35.6 Å². The Kier molecular flexibility index (Phi) is 6.84. The molecule has 12 heteroatoms. The fourth-order valence-corrected chi connectivity index (χ4v) is 7.00. The summed E-state index contributed by atoms with van der Waals surface area (Å²) in [5.74, 6) is 0. The van der Waals surface area contributed by atoms with Gasteiger partial charge in [-0.15, -0.1) is 11.3 Å². The lowest BCUT2D eigenvalue weighted by atomic mass is 10.2. The van der Waals surface area contributed by atoms with Gasteiger partial charge in [-0.25, -0.2) is 16.8 Å². The molecule has 1 aromatic carbocycles. The van der Waals surface area contributed by atoms with Gasteiger partial charge in [0.2, 0.25) is 10.0 Å². The molecule has 2 aliphatic rings. The van der Waals surface area contributed by atoms with E-state index in [0.717, 1.165) is 24.2 Å². The molecule has 2 saturated heterocycles. The Morgan fingerprint density at radius 1 is 1.06 bits per heavy atom. The number of sulfonamides is 2. The zero-order valence-electron chi connectivity index (χ0n) is 16.8. The third kappa shape index (κ3) is 5.21. The highest BCUT2D eigenvalue weighted by atomic mass is 32.2. The summed E-state index contributed by atoms with van der Waals surface area (Å²) < 4.78 is 66.7. The van der Waals surface area contributed by atoms with Gasteiger partial charge in [0.15, 0.2) is 0 Å². The number of morpholine rings is 1. The van der Waals surface area contributed by atoms with Gasteiger partial charge in [-0.1, -0.05) is 6.07 Å². The Hall–Kier alpha value is -1.70. The van der Waals surface area contributed by atoms with Crippen molar-refractivity contribution in [2.24, 2.45) is 0 Å². The summed E-state index contributed by atoms with van der Waals surface area (Å²) in [5, 5.41) is 4.88. The van der Waals surface area contributed by atoms with E-state index in [1.165, 1.54) is 22.5 Å². The van der Waals surface area contributed by atoms with Crippen LogP contribution in [0.15, 0.2) is 44.8 Å². The molecular formula is C19H25N3O6S3. The van der Waals surface area contributed by atoms with Gasteiger partial charge in [0, 0.05) is 26.2 Å². The number of nitrogens with one attached hydrogen (secondary N) is 2. The number of thiophene rings is 1. The van der Waals surface area contributed by atoms with E-state index in [2.05, 4.69) is 10.0 Å². The van der Waals surface area contributed by atoms with Crippen LogP contribution in [0.25, 0.3) is 0 Å². The summed E-state index contributed by atoms with van der Waals surface area (Å²) in [6, 6.07) is 7.60. The molecule has 0 radical (unpaired) electrons. The van der Waals surface area contributed by atoms with E-state index in [0.29, 0.717) is 32.1 Å². The molecule has 170 valence electrons. The molecule has 0 bridgehead atoms. The monoisotopic (exact) mass is 487 g/mol. The second-order valence-corrected chi connectivity index (χ2v) is 12.1. The van der Waals surface area contributed by atoms with Crippen molar-refractivity contribution in [3.63, 3.8) is 0 Å². The van der Waals surface area contributed by atoms with E-state index in [1.54, 1.807) is 17.5 Å². The van der Waals surface area contributed by atoms with Crippen molar-refractivity contribution in [2.45, 2.75) is 28.1 Å². The van der Waals surface area contributed by atoms with Crippen LogP contribution in [0.4, 0.5) is 11.4 Å².